The lowest BCUT2D eigenvalue weighted by atomic mass is 10.3. The number of anilines is 1. The van der Waals surface area contributed by atoms with Crippen molar-refractivity contribution in [1.29, 1.82) is 0 Å². The van der Waals surface area contributed by atoms with Crippen molar-refractivity contribution in [2.75, 3.05) is 18.5 Å². The Morgan fingerprint density at radius 2 is 2.13 bits per heavy atom. The summed E-state index contributed by atoms with van der Waals surface area (Å²) >= 11 is 0. The molecule has 5 heteroatoms. The molecule has 1 aliphatic rings. The summed E-state index contributed by atoms with van der Waals surface area (Å²) in [6, 6.07) is 3.44. The van der Waals surface area contributed by atoms with Crippen LogP contribution in [-0.2, 0) is 0 Å². The molecule has 1 fully saturated rings. The molecule has 15 heavy (non-hydrogen) atoms. The summed E-state index contributed by atoms with van der Waals surface area (Å²) in [6.45, 7) is 1.69. The number of hydrazine groups is 1. The summed E-state index contributed by atoms with van der Waals surface area (Å²) in [6.07, 6.45) is 3.74. The van der Waals surface area contributed by atoms with Gasteiger partial charge in [0.25, 0.3) is 5.91 Å². The summed E-state index contributed by atoms with van der Waals surface area (Å²) in [5, 5.41) is 0. The molecular weight excluding hydrogens is 192 g/mol. The highest BCUT2D eigenvalue weighted by molar-refractivity contribution is 5.92. The topological polar surface area (TPSA) is 71.2 Å². The molecule has 80 valence electrons. The Morgan fingerprint density at radius 1 is 1.40 bits per heavy atom. The second-order valence-corrected chi connectivity index (χ2v) is 3.58. The zero-order valence-electron chi connectivity index (χ0n) is 8.44. The minimum atomic E-state index is 0.0103. The first-order valence-corrected chi connectivity index (χ1v) is 5.03. The van der Waals surface area contributed by atoms with Crippen LogP contribution in [0.3, 0.4) is 0 Å². The van der Waals surface area contributed by atoms with Gasteiger partial charge < -0.3 is 10.3 Å². The average Bonchev–Trinajstić information content (AvgIpc) is 2.82. The average molecular weight is 206 g/mol. The van der Waals surface area contributed by atoms with Gasteiger partial charge in [0.1, 0.15) is 5.69 Å². The van der Waals surface area contributed by atoms with Crippen molar-refractivity contribution in [2.24, 2.45) is 5.84 Å². The molecule has 0 aromatic carbocycles. The molecule has 1 aromatic heterocycles. The number of hydrogen-bond donors (Lipinski definition) is 2. The molecule has 0 radical (unpaired) electrons. The molecule has 1 saturated heterocycles. The van der Waals surface area contributed by atoms with Crippen LogP contribution < -0.4 is 11.3 Å². The zero-order valence-corrected chi connectivity index (χ0v) is 8.44. The van der Waals surface area contributed by atoms with Crippen molar-refractivity contribution >= 4 is 11.6 Å². The molecule has 0 unspecified atom stereocenters. The largest absolute Gasteiger partial charge is 0.337 e. The van der Waals surface area contributed by atoms with Crippen LogP contribution in [0.25, 0.3) is 0 Å². The van der Waals surface area contributed by atoms with E-state index in [1.807, 2.05) is 4.90 Å². The number of aromatic nitrogens is 1. The van der Waals surface area contributed by atoms with E-state index in [1.54, 1.807) is 18.3 Å². The van der Waals surface area contributed by atoms with Gasteiger partial charge in [-0.15, -0.1) is 0 Å². The molecule has 0 saturated carbocycles. The van der Waals surface area contributed by atoms with E-state index in [0.29, 0.717) is 11.4 Å². The number of carbonyl (C=O) groups excluding carboxylic acids is 1. The summed E-state index contributed by atoms with van der Waals surface area (Å²) in [5.41, 5.74) is 3.66. The van der Waals surface area contributed by atoms with Crippen LogP contribution in [-0.4, -0.2) is 28.9 Å². The number of nitrogens with one attached hydrogen (secondary N) is 1. The zero-order chi connectivity index (χ0) is 10.7. The molecular formula is C10H14N4O. The Morgan fingerprint density at radius 3 is 2.67 bits per heavy atom. The Hall–Kier alpha value is -1.62. The van der Waals surface area contributed by atoms with Gasteiger partial charge in [-0.05, 0) is 25.0 Å². The van der Waals surface area contributed by atoms with Gasteiger partial charge in [-0.3, -0.25) is 10.6 Å². The number of nitrogen functional groups attached to an aromatic ring is 1. The number of likely N-dealkylation sites (tertiary alicyclic amines) is 1. The molecule has 0 spiro atoms. The van der Waals surface area contributed by atoms with Crippen LogP contribution in [0.5, 0.6) is 0 Å². The lowest BCUT2D eigenvalue weighted by Crippen LogP contribution is -2.28. The fourth-order valence-corrected chi connectivity index (χ4v) is 1.69. The van der Waals surface area contributed by atoms with Crippen molar-refractivity contribution in [3.63, 3.8) is 0 Å². The van der Waals surface area contributed by atoms with Crippen LogP contribution in [0.2, 0.25) is 0 Å². The third-order valence-electron chi connectivity index (χ3n) is 2.54. The second kappa shape index (κ2) is 4.27. The van der Waals surface area contributed by atoms with E-state index in [2.05, 4.69) is 10.4 Å². The first-order chi connectivity index (χ1) is 7.31. The number of nitrogens with two attached hydrogens (primary N) is 1. The highest BCUT2D eigenvalue weighted by Crippen LogP contribution is 2.12. The Bertz CT molecular complexity index is 343. The van der Waals surface area contributed by atoms with Crippen molar-refractivity contribution in [1.82, 2.24) is 9.88 Å². The monoisotopic (exact) mass is 206 g/mol. The number of nitrogens with zero attached hydrogens (tertiary/aromatic N) is 2. The quantitative estimate of drug-likeness (QED) is 0.549. The number of rotatable bonds is 2. The van der Waals surface area contributed by atoms with E-state index in [9.17, 15) is 4.79 Å². The number of amides is 1. The van der Waals surface area contributed by atoms with E-state index >= 15 is 0 Å². The minimum Gasteiger partial charge on any atom is -0.337 e. The molecule has 2 heterocycles. The molecule has 5 nitrogen and oxygen atoms in total. The molecule has 0 bridgehead atoms. The van der Waals surface area contributed by atoms with E-state index in [0.717, 1.165) is 25.9 Å². The van der Waals surface area contributed by atoms with Crippen LogP contribution >= 0.6 is 0 Å². The Balaban J connectivity index is 2.11. The van der Waals surface area contributed by atoms with Crippen LogP contribution in [0.4, 0.5) is 5.69 Å². The van der Waals surface area contributed by atoms with Gasteiger partial charge in [-0.2, -0.15) is 0 Å². The number of hydrogen-bond acceptors (Lipinski definition) is 4. The maximum absolute atomic E-state index is 11.9. The van der Waals surface area contributed by atoms with Crippen LogP contribution in [0.1, 0.15) is 23.3 Å². The van der Waals surface area contributed by atoms with Crippen molar-refractivity contribution < 1.29 is 4.79 Å². The van der Waals surface area contributed by atoms with E-state index in [1.165, 1.54) is 0 Å². The van der Waals surface area contributed by atoms with Gasteiger partial charge >= 0.3 is 0 Å². The second-order valence-electron chi connectivity index (χ2n) is 3.58. The van der Waals surface area contributed by atoms with Crippen LogP contribution in [0.15, 0.2) is 18.3 Å². The van der Waals surface area contributed by atoms with E-state index in [-0.39, 0.29) is 5.91 Å². The first kappa shape index (κ1) is 9.92. The molecule has 3 N–H and O–H groups in total. The maximum atomic E-state index is 11.9. The maximum Gasteiger partial charge on any atom is 0.272 e. The van der Waals surface area contributed by atoms with Gasteiger partial charge in [0.15, 0.2) is 0 Å². The highest BCUT2D eigenvalue weighted by Gasteiger charge is 2.19. The fourth-order valence-electron chi connectivity index (χ4n) is 1.69. The van der Waals surface area contributed by atoms with Gasteiger partial charge in [0.05, 0.1) is 11.9 Å². The smallest absolute Gasteiger partial charge is 0.272 e. The molecule has 0 aliphatic carbocycles. The minimum absolute atomic E-state index is 0.0103. The molecule has 1 aromatic rings. The van der Waals surface area contributed by atoms with Gasteiger partial charge in [0, 0.05) is 13.1 Å². The molecule has 0 atom stereocenters. The van der Waals surface area contributed by atoms with E-state index in [4.69, 9.17) is 5.84 Å². The van der Waals surface area contributed by atoms with Gasteiger partial charge in [0.2, 0.25) is 0 Å². The number of pyridine rings is 1. The van der Waals surface area contributed by atoms with Crippen molar-refractivity contribution in [3.8, 4) is 0 Å². The molecule has 1 aliphatic heterocycles. The standard InChI is InChI=1S/C10H14N4O/c11-13-8-3-4-9(12-7-8)10(15)14-5-1-2-6-14/h3-4,7,13H,1-2,5-6,11H2. The Kier molecular flexibility index (Phi) is 2.82. The molecule has 1 amide bonds. The van der Waals surface area contributed by atoms with Gasteiger partial charge in [-0.25, -0.2) is 4.98 Å². The molecule has 2 rings (SSSR count). The van der Waals surface area contributed by atoms with Crippen LogP contribution in [0, 0.1) is 0 Å². The summed E-state index contributed by atoms with van der Waals surface area (Å²) in [4.78, 5) is 17.7. The lowest BCUT2D eigenvalue weighted by molar-refractivity contribution is 0.0787. The third kappa shape index (κ3) is 2.07. The SMILES string of the molecule is NNc1ccc(C(=O)N2CCCC2)nc1. The van der Waals surface area contributed by atoms with Crippen molar-refractivity contribution in [3.05, 3.63) is 24.0 Å². The first-order valence-electron chi connectivity index (χ1n) is 5.03. The highest BCUT2D eigenvalue weighted by atomic mass is 16.2. The van der Waals surface area contributed by atoms with Gasteiger partial charge in [-0.1, -0.05) is 0 Å². The fraction of sp³-hybridized carbons (Fsp3) is 0.400. The lowest BCUT2D eigenvalue weighted by Gasteiger charge is -2.14. The summed E-state index contributed by atoms with van der Waals surface area (Å²) in [7, 11) is 0. The third-order valence-corrected chi connectivity index (χ3v) is 2.54. The predicted molar refractivity (Wildman–Crippen MR) is 57.2 cm³/mol. The summed E-state index contributed by atoms with van der Waals surface area (Å²) < 4.78 is 0. The number of carbonyl (C=O) groups is 1. The normalized spacial score (nSPS) is 15.4. The predicted octanol–water partition coefficient (Wildman–Crippen LogP) is 0.603. The summed E-state index contributed by atoms with van der Waals surface area (Å²) in [5.74, 6) is 5.22. The van der Waals surface area contributed by atoms with Crippen molar-refractivity contribution in [2.45, 2.75) is 12.8 Å². The van der Waals surface area contributed by atoms with E-state index < -0.39 is 0 Å². The Labute approximate surface area is 88.3 Å².